The molecule has 2 amide bonds. The molecular weight excluding hydrogens is 384 g/mol. The minimum Gasteiger partial charge on any atom is -0.394 e. The zero-order valence-electron chi connectivity index (χ0n) is 17.6. The number of carbonyl (C=O) groups is 2. The van der Waals surface area contributed by atoms with E-state index < -0.39 is 24.7 Å². The Morgan fingerprint density at radius 3 is 2.67 bits per heavy atom. The van der Waals surface area contributed by atoms with Crippen molar-refractivity contribution in [3.05, 3.63) is 24.3 Å². The Bertz CT molecular complexity index is 938. The monoisotopic (exact) mass is 414 g/mol. The SMILES string of the molecule is CC1(C)C2CCC1(C)C(O)C2CC(=O)NC(CO)C(=O)Nc1nc2ccccc2[nH]1. The van der Waals surface area contributed by atoms with Crippen molar-refractivity contribution in [3.8, 4) is 0 Å². The first-order valence-electron chi connectivity index (χ1n) is 10.5. The number of nitrogens with one attached hydrogen (secondary N) is 3. The number of amides is 2. The fraction of sp³-hybridized carbons (Fsp3) is 0.591. The summed E-state index contributed by atoms with van der Waals surface area (Å²) < 4.78 is 0. The van der Waals surface area contributed by atoms with Crippen LogP contribution < -0.4 is 10.6 Å². The van der Waals surface area contributed by atoms with E-state index in [4.69, 9.17) is 0 Å². The molecule has 5 N–H and O–H groups in total. The van der Waals surface area contributed by atoms with Crippen LogP contribution in [0.4, 0.5) is 5.95 Å². The zero-order valence-corrected chi connectivity index (χ0v) is 17.6. The number of aromatic nitrogens is 2. The van der Waals surface area contributed by atoms with Crippen molar-refractivity contribution in [2.24, 2.45) is 22.7 Å². The zero-order chi connectivity index (χ0) is 21.7. The second kappa shape index (κ2) is 7.35. The van der Waals surface area contributed by atoms with Crippen molar-refractivity contribution in [1.82, 2.24) is 15.3 Å². The molecule has 1 aromatic heterocycles. The average Bonchev–Trinajstić information content (AvgIpc) is 3.25. The lowest BCUT2D eigenvalue weighted by molar-refractivity contribution is -0.129. The van der Waals surface area contributed by atoms with Crippen LogP contribution in [0.1, 0.15) is 40.0 Å². The van der Waals surface area contributed by atoms with Gasteiger partial charge in [0, 0.05) is 6.42 Å². The Morgan fingerprint density at radius 1 is 1.30 bits per heavy atom. The number of aromatic amines is 1. The van der Waals surface area contributed by atoms with Gasteiger partial charge in [0.1, 0.15) is 6.04 Å². The molecule has 4 rings (SSSR count). The molecule has 0 saturated heterocycles. The summed E-state index contributed by atoms with van der Waals surface area (Å²) in [5.74, 6) is -0.515. The number of H-pyrrole nitrogens is 1. The molecule has 5 atom stereocenters. The lowest BCUT2D eigenvalue weighted by atomic mass is 9.70. The van der Waals surface area contributed by atoms with Crippen LogP contribution in [0.3, 0.4) is 0 Å². The second-order valence-electron chi connectivity index (χ2n) is 9.49. The standard InChI is InChI=1S/C22H30N4O4/c1-21(2)13-8-9-22(21,3)18(29)12(13)10-17(28)23-16(11-27)19(30)26-20-24-14-6-4-5-7-15(14)25-20/h4-7,12-13,16,18,27,29H,8-11H2,1-3H3,(H,23,28)(H2,24,25,26,30). The van der Waals surface area contributed by atoms with Crippen LogP contribution in [0.15, 0.2) is 24.3 Å². The molecule has 5 unspecified atom stereocenters. The maximum atomic E-state index is 12.7. The molecule has 2 bridgehead atoms. The molecule has 0 spiro atoms. The summed E-state index contributed by atoms with van der Waals surface area (Å²) in [6, 6.07) is 6.26. The summed E-state index contributed by atoms with van der Waals surface area (Å²) >= 11 is 0. The highest BCUT2D eigenvalue weighted by Crippen LogP contribution is 2.68. The van der Waals surface area contributed by atoms with Gasteiger partial charge < -0.3 is 20.5 Å². The fourth-order valence-corrected chi connectivity index (χ4v) is 5.66. The summed E-state index contributed by atoms with van der Waals surface area (Å²) in [6.07, 6.45) is 1.55. The van der Waals surface area contributed by atoms with Gasteiger partial charge in [-0.25, -0.2) is 4.98 Å². The molecule has 2 saturated carbocycles. The first-order valence-corrected chi connectivity index (χ1v) is 10.5. The number of carbonyl (C=O) groups excluding carboxylic acids is 2. The van der Waals surface area contributed by atoms with E-state index in [0.29, 0.717) is 5.52 Å². The van der Waals surface area contributed by atoms with E-state index >= 15 is 0 Å². The molecule has 162 valence electrons. The molecule has 2 aliphatic rings. The summed E-state index contributed by atoms with van der Waals surface area (Å²) in [6.45, 7) is 5.91. The van der Waals surface area contributed by atoms with Gasteiger partial charge in [-0.1, -0.05) is 32.9 Å². The molecule has 30 heavy (non-hydrogen) atoms. The van der Waals surface area contributed by atoms with Gasteiger partial charge in [0.2, 0.25) is 11.9 Å². The number of aliphatic hydroxyl groups excluding tert-OH is 2. The smallest absolute Gasteiger partial charge is 0.251 e. The lowest BCUT2D eigenvalue weighted by Gasteiger charge is -2.37. The second-order valence-corrected chi connectivity index (χ2v) is 9.49. The topological polar surface area (TPSA) is 127 Å². The van der Waals surface area contributed by atoms with E-state index in [1.165, 1.54) is 0 Å². The number of aliphatic hydroxyl groups is 2. The Labute approximate surface area is 175 Å². The van der Waals surface area contributed by atoms with Crippen molar-refractivity contribution in [2.45, 2.75) is 52.2 Å². The van der Waals surface area contributed by atoms with E-state index in [2.05, 4.69) is 41.4 Å². The van der Waals surface area contributed by atoms with Crippen LogP contribution in [-0.2, 0) is 9.59 Å². The Kier molecular flexibility index (Phi) is 5.10. The number of hydrogen-bond acceptors (Lipinski definition) is 5. The van der Waals surface area contributed by atoms with Gasteiger partial charge >= 0.3 is 0 Å². The number of para-hydroxylation sites is 2. The largest absolute Gasteiger partial charge is 0.394 e. The number of nitrogens with zero attached hydrogens (tertiary/aromatic N) is 1. The van der Waals surface area contributed by atoms with E-state index in [9.17, 15) is 19.8 Å². The molecular formula is C22H30N4O4. The predicted molar refractivity (Wildman–Crippen MR) is 112 cm³/mol. The molecule has 8 heteroatoms. The lowest BCUT2D eigenvalue weighted by Crippen LogP contribution is -2.47. The number of benzene rings is 1. The van der Waals surface area contributed by atoms with Gasteiger partial charge in [0.05, 0.1) is 23.7 Å². The van der Waals surface area contributed by atoms with Crippen LogP contribution in [0.25, 0.3) is 11.0 Å². The molecule has 0 aliphatic heterocycles. The van der Waals surface area contributed by atoms with Crippen LogP contribution in [0, 0.1) is 22.7 Å². The summed E-state index contributed by atoms with van der Waals surface area (Å²) in [7, 11) is 0. The Hall–Kier alpha value is -2.45. The molecule has 0 radical (unpaired) electrons. The quantitative estimate of drug-likeness (QED) is 0.493. The Balaban J connectivity index is 1.38. The highest BCUT2D eigenvalue weighted by atomic mass is 16.3. The third-order valence-electron chi connectivity index (χ3n) is 7.84. The number of hydrogen-bond donors (Lipinski definition) is 5. The van der Waals surface area contributed by atoms with Crippen molar-refractivity contribution in [3.63, 3.8) is 0 Å². The highest BCUT2D eigenvalue weighted by molar-refractivity contribution is 5.97. The van der Waals surface area contributed by atoms with Crippen LogP contribution in [-0.4, -0.2) is 50.7 Å². The molecule has 2 aromatic rings. The predicted octanol–water partition coefficient (Wildman–Crippen LogP) is 1.80. The summed E-state index contributed by atoms with van der Waals surface area (Å²) in [5, 5.41) is 25.7. The van der Waals surface area contributed by atoms with Crippen molar-refractivity contribution < 1.29 is 19.8 Å². The van der Waals surface area contributed by atoms with Gasteiger partial charge in [-0.2, -0.15) is 0 Å². The first-order chi connectivity index (χ1) is 14.2. The maximum Gasteiger partial charge on any atom is 0.251 e. The van der Waals surface area contributed by atoms with Crippen LogP contribution in [0.5, 0.6) is 0 Å². The molecule has 8 nitrogen and oxygen atoms in total. The molecule has 1 aromatic carbocycles. The maximum absolute atomic E-state index is 12.7. The first kappa shape index (κ1) is 20.8. The minimum absolute atomic E-state index is 0.0353. The van der Waals surface area contributed by atoms with Gasteiger partial charge in [0.15, 0.2) is 0 Å². The van der Waals surface area contributed by atoms with Gasteiger partial charge in [-0.15, -0.1) is 0 Å². The number of fused-ring (bicyclic) bond motifs is 3. The van der Waals surface area contributed by atoms with Gasteiger partial charge in [-0.3, -0.25) is 14.9 Å². The minimum atomic E-state index is -1.09. The third kappa shape index (κ3) is 3.18. The third-order valence-corrected chi connectivity index (χ3v) is 7.84. The average molecular weight is 415 g/mol. The number of anilines is 1. The molecule has 1 heterocycles. The van der Waals surface area contributed by atoms with Crippen LogP contribution in [0.2, 0.25) is 0 Å². The van der Waals surface area contributed by atoms with Crippen molar-refractivity contribution in [2.75, 3.05) is 11.9 Å². The van der Waals surface area contributed by atoms with Gasteiger partial charge in [-0.05, 0) is 47.6 Å². The van der Waals surface area contributed by atoms with E-state index in [0.717, 1.165) is 18.4 Å². The summed E-state index contributed by atoms with van der Waals surface area (Å²) in [5.41, 5.74) is 1.25. The molecule has 2 aliphatic carbocycles. The van der Waals surface area contributed by atoms with Crippen molar-refractivity contribution in [1.29, 1.82) is 0 Å². The van der Waals surface area contributed by atoms with Crippen LogP contribution >= 0.6 is 0 Å². The van der Waals surface area contributed by atoms with E-state index in [1.54, 1.807) is 0 Å². The van der Waals surface area contributed by atoms with E-state index in [1.807, 2.05) is 24.3 Å². The van der Waals surface area contributed by atoms with Crippen molar-refractivity contribution >= 4 is 28.8 Å². The number of rotatable bonds is 6. The molecule has 2 fully saturated rings. The van der Waals surface area contributed by atoms with Gasteiger partial charge in [0.25, 0.3) is 5.91 Å². The normalized spacial score (nSPS) is 30.4. The highest BCUT2D eigenvalue weighted by Gasteiger charge is 2.65. The number of imidazole rings is 1. The van der Waals surface area contributed by atoms with E-state index in [-0.39, 0.29) is 40.9 Å². The summed E-state index contributed by atoms with van der Waals surface area (Å²) in [4.78, 5) is 32.5. The fourth-order valence-electron chi connectivity index (χ4n) is 5.66. The Morgan fingerprint density at radius 2 is 2.03 bits per heavy atom.